The first-order valence-corrected chi connectivity index (χ1v) is 4.87. The largest absolute Gasteiger partial charge is 0.439 e. The zero-order valence-electron chi connectivity index (χ0n) is 7.96. The second kappa shape index (κ2) is 3.29. The van der Waals surface area contributed by atoms with E-state index in [0.717, 1.165) is 13.0 Å². The maximum absolute atomic E-state index is 12.9. The van der Waals surface area contributed by atoms with Crippen LogP contribution in [-0.2, 0) is 0 Å². The molecule has 1 aliphatic rings. The third-order valence-corrected chi connectivity index (χ3v) is 2.50. The highest BCUT2D eigenvalue weighted by Gasteiger charge is 2.21. The zero-order valence-corrected chi connectivity index (χ0v) is 7.96. The third kappa shape index (κ3) is 1.49. The van der Waals surface area contributed by atoms with Gasteiger partial charge in [0.15, 0.2) is 5.58 Å². The minimum absolute atomic E-state index is 0.0838. The number of nitrogens with zero attached hydrogens (tertiary/aromatic N) is 1. The molecule has 0 aliphatic carbocycles. The number of hydrazine groups is 1. The normalized spacial score (nSPS) is 21.3. The van der Waals surface area contributed by atoms with Crippen LogP contribution in [0.3, 0.4) is 0 Å². The standard InChI is InChI=1S/C10H10FN3O/c11-6-1-2-9-8(5-6)13-10(15-9)7-3-4-12-14-7/h1-2,5,7,12,14H,3-4H2. The minimum Gasteiger partial charge on any atom is -0.439 e. The van der Waals surface area contributed by atoms with E-state index in [1.165, 1.54) is 12.1 Å². The average Bonchev–Trinajstić information content (AvgIpc) is 2.84. The molecular formula is C10H10FN3O. The molecule has 0 spiro atoms. The Kier molecular flexibility index (Phi) is 1.93. The highest BCUT2D eigenvalue weighted by atomic mass is 19.1. The number of hydrogen-bond donors (Lipinski definition) is 2. The van der Waals surface area contributed by atoms with Gasteiger partial charge in [-0.25, -0.2) is 14.8 Å². The van der Waals surface area contributed by atoms with Crippen molar-refractivity contribution >= 4 is 11.1 Å². The number of rotatable bonds is 1. The van der Waals surface area contributed by atoms with Crippen molar-refractivity contribution in [1.29, 1.82) is 0 Å². The first-order valence-electron chi connectivity index (χ1n) is 4.87. The van der Waals surface area contributed by atoms with Gasteiger partial charge in [0.05, 0.1) is 6.04 Å². The Morgan fingerprint density at radius 2 is 2.40 bits per heavy atom. The molecule has 15 heavy (non-hydrogen) atoms. The highest BCUT2D eigenvalue weighted by Crippen LogP contribution is 2.23. The minimum atomic E-state index is -0.292. The topological polar surface area (TPSA) is 50.1 Å². The molecule has 1 unspecified atom stereocenters. The summed E-state index contributed by atoms with van der Waals surface area (Å²) in [7, 11) is 0. The van der Waals surface area contributed by atoms with Crippen molar-refractivity contribution in [2.24, 2.45) is 0 Å². The van der Waals surface area contributed by atoms with E-state index in [1.54, 1.807) is 6.07 Å². The molecule has 0 amide bonds. The van der Waals surface area contributed by atoms with E-state index in [4.69, 9.17) is 4.42 Å². The molecule has 1 atom stereocenters. The number of fused-ring (bicyclic) bond motifs is 1. The van der Waals surface area contributed by atoms with Crippen molar-refractivity contribution in [1.82, 2.24) is 15.8 Å². The maximum atomic E-state index is 12.9. The molecule has 1 saturated heterocycles. The van der Waals surface area contributed by atoms with Crippen molar-refractivity contribution < 1.29 is 8.81 Å². The highest BCUT2D eigenvalue weighted by molar-refractivity contribution is 5.72. The summed E-state index contributed by atoms with van der Waals surface area (Å²) in [4.78, 5) is 4.25. The van der Waals surface area contributed by atoms with Crippen LogP contribution in [0, 0.1) is 5.82 Å². The van der Waals surface area contributed by atoms with Gasteiger partial charge >= 0.3 is 0 Å². The second-order valence-electron chi connectivity index (χ2n) is 3.58. The van der Waals surface area contributed by atoms with Gasteiger partial charge in [-0.3, -0.25) is 5.43 Å². The van der Waals surface area contributed by atoms with Gasteiger partial charge in [0.1, 0.15) is 11.3 Å². The van der Waals surface area contributed by atoms with Crippen LogP contribution in [0.25, 0.3) is 11.1 Å². The number of hydrogen-bond acceptors (Lipinski definition) is 4. The molecule has 1 fully saturated rings. The summed E-state index contributed by atoms with van der Waals surface area (Å²) < 4.78 is 18.4. The molecule has 1 aliphatic heterocycles. The van der Waals surface area contributed by atoms with E-state index in [1.807, 2.05) is 0 Å². The summed E-state index contributed by atoms with van der Waals surface area (Å²) >= 11 is 0. The maximum Gasteiger partial charge on any atom is 0.214 e. The number of benzene rings is 1. The first kappa shape index (κ1) is 8.82. The molecule has 0 bridgehead atoms. The Bertz CT molecular complexity index is 490. The summed E-state index contributed by atoms with van der Waals surface area (Å²) in [5, 5.41) is 0. The Hall–Kier alpha value is -1.46. The van der Waals surface area contributed by atoms with Crippen LogP contribution in [0.2, 0.25) is 0 Å². The molecule has 1 aromatic heterocycles. The molecule has 4 nitrogen and oxygen atoms in total. The van der Waals surface area contributed by atoms with Crippen LogP contribution in [0.1, 0.15) is 18.4 Å². The fraction of sp³-hybridized carbons (Fsp3) is 0.300. The molecule has 2 N–H and O–H groups in total. The first-order chi connectivity index (χ1) is 7.33. The lowest BCUT2D eigenvalue weighted by Gasteiger charge is -2.01. The molecule has 5 heteroatoms. The van der Waals surface area contributed by atoms with E-state index >= 15 is 0 Å². The quantitative estimate of drug-likeness (QED) is 0.744. The van der Waals surface area contributed by atoms with Crippen LogP contribution in [0.5, 0.6) is 0 Å². The lowest BCUT2D eigenvalue weighted by atomic mass is 10.2. The van der Waals surface area contributed by atoms with Gasteiger partial charge in [-0.2, -0.15) is 0 Å². The Balaban J connectivity index is 2.05. The van der Waals surface area contributed by atoms with Gasteiger partial charge in [0.25, 0.3) is 0 Å². The molecule has 3 rings (SSSR count). The Morgan fingerprint density at radius 1 is 1.47 bits per heavy atom. The van der Waals surface area contributed by atoms with E-state index in [0.29, 0.717) is 17.0 Å². The summed E-state index contributed by atoms with van der Waals surface area (Å²) in [6, 6.07) is 4.44. The van der Waals surface area contributed by atoms with Crippen LogP contribution in [0.15, 0.2) is 22.6 Å². The number of oxazole rings is 1. The van der Waals surface area contributed by atoms with Crippen LogP contribution in [-0.4, -0.2) is 11.5 Å². The van der Waals surface area contributed by atoms with Gasteiger partial charge in [0, 0.05) is 12.6 Å². The van der Waals surface area contributed by atoms with Crippen LogP contribution < -0.4 is 10.9 Å². The van der Waals surface area contributed by atoms with E-state index in [-0.39, 0.29) is 11.9 Å². The molecule has 2 aromatic rings. The van der Waals surface area contributed by atoms with E-state index < -0.39 is 0 Å². The summed E-state index contributed by atoms with van der Waals surface area (Å²) in [5.74, 6) is 0.320. The van der Waals surface area contributed by atoms with Crippen molar-refractivity contribution in [2.75, 3.05) is 6.54 Å². The van der Waals surface area contributed by atoms with Crippen LogP contribution >= 0.6 is 0 Å². The molecule has 0 radical (unpaired) electrons. The number of aromatic nitrogens is 1. The number of nitrogens with one attached hydrogen (secondary N) is 2. The van der Waals surface area contributed by atoms with Crippen molar-refractivity contribution in [2.45, 2.75) is 12.5 Å². The monoisotopic (exact) mass is 207 g/mol. The van der Waals surface area contributed by atoms with Gasteiger partial charge in [-0.05, 0) is 18.6 Å². The lowest BCUT2D eigenvalue weighted by Crippen LogP contribution is -2.24. The van der Waals surface area contributed by atoms with Gasteiger partial charge in [-0.1, -0.05) is 0 Å². The Labute approximate surface area is 85.5 Å². The predicted molar refractivity (Wildman–Crippen MR) is 52.5 cm³/mol. The van der Waals surface area contributed by atoms with Crippen molar-refractivity contribution in [3.63, 3.8) is 0 Å². The fourth-order valence-electron chi connectivity index (χ4n) is 1.74. The predicted octanol–water partition coefficient (Wildman–Crippen LogP) is 1.51. The summed E-state index contributed by atoms with van der Waals surface area (Å²) in [5.41, 5.74) is 7.24. The smallest absolute Gasteiger partial charge is 0.214 e. The molecular weight excluding hydrogens is 197 g/mol. The zero-order chi connectivity index (χ0) is 10.3. The molecule has 1 aromatic carbocycles. The van der Waals surface area contributed by atoms with E-state index in [9.17, 15) is 4.39 Å². The van der Waals surface area contributed by atoms with Gasteiger partial charge in [0.2, 0.25) is 5.89 Å². The summed E-state index contributed by atoms with van der Waals surface area (Å²) in [6.45, 7) is 0.887. The Morgan fingerprint density at radius 3 is 3.20 bits per heavy atom. The SMILES string of the molecule is Fc1ccc2oc(C3CCNN3)nc2c1. The average molecular weight is 207 g/mol. The molecule has 0 saturated carbocycles. The van der Waals surface area contributed by atoms with Gasteiger partial charge < -0.3 is 4.42 Å². The molecule has 78 valence electrons. The van der Waals surface area contributed by atoms with Crippen molar-refractivity contribution in [3.8, 4) is 0 Å². The fourth-order valence-corrected chi connectivity index (χ4v) is 1.74. The van der Waals surface area contributed by atoms with Crippen LogP contribution in [0.4, 0.5) is 4.39 Å². The van der Waals surface area contributed by atoms with E-state index in [2.05, 4.69) is 15.8 Å². The second-order valence-corrected chi connectivity index (χ2v) is 3.58. The molecule has 2 heterocycles. The number of halogens is 1. The van der Waals surface area contributed by atoms with Crippen molar-refractivity contribution in [3.05, 3.63) is 29.9 Å². The van der Waals surface area contributed by atoms with Gasteiger partial charge in [-0.15, -0.1) is 0 Å². The third-order valence-electron chi connectivity index (χ3n) is 2.50. The summed E-state index contributed by atoms with van der Waals surface area (Å²) in [6.07, 6.45) is 0.926. The lowest BCUT2D eigenvalue weighted by molar-refractivity contribution is 0.437.